The third-order valence-electron chi connectivity index (χ3n) is 7.34. The highest BCUT2D eigenvalue weighted by molar-refractivity contribution is 5.91. The number of esters is 2. The van der Waals surface area contributed by atoms with Gasteiger partial charge in [-0.3, -0.25) is 0 Å². The lowest BCUT2D eigenvalue weighted by molar-refractivity contribution is 0.0309. The summed E-state index contributed by atoms with van der Waals surface area (Å²) < 4.78 is 11.2. The molecule has 0 fully saturated rings. The third kappa shape index (κ3) is 9.97. The molecule has 2 atom stereocenters. The zero-order valence-corrected chi connectivity index (χ0v) is 24.8. The number of hydrogen-bond donors (Lipinski definition) is 0. The van der Waals surface area contributed by atoms with Crippen LogP contribution in [0.25, 0.3) is 22.3 Å². The molecule has 0 aliphatic rings. The van der Waals surface area contributed by atoms with E-state index in [9.17, 15) is 9.59 Å². The molecule has 0 aliphatic heterocycles. The summed E-state index contributed by atoms with van der Waals surface area (Å²) in [5.41, 5.74) is 5.37. The molecule has 0 amide bonds. The monoisotopic (exact) mass is 542 g/mol. The van der Waals surface area contributed by atoms with Gasteiger partial charge in [0.05, 0.1) is 23.3 Å². The average Bonchev–Trinajstić information content (AvgIpc) is 2.98. The van der Waals surface area contributed by atoms with Crippen LogP contribution in [0, 0.1) is 0 Å². The van der Waals surface area contributed by atoms with Crippen molar-refractivity contribution in [1.29, 1.82) is 0 Å². The smallest absolute Gasteiger partial charge is 0.338 e. The van der Waals surface area contributed by atoms with E-state index in [1.807, 2.05) is 62.4 Å². The fourth-order valence-electron chi connectivity index (χ4n) is 4.79. The second-order valence-corrected chi connectivity index (χ2v) is 10.9. The van der Waals surface area contributed by atoms with Gasteiger partial charge in [0.25, 0.3) is 0 Å². The molecule has 4 heteroatoms. The lowest BCUT2D eigenvalue weighted by Gasteiger charge is -2.13. The van der Waals surface area contributed by atoms with Crippen LogP contribution in [0.15, 0.2) is 72.8 Å². The van der Waals surface area contributed by atoms with Gasteiger partial charge in [0.2, 0.25) is 0 Å². The standard InChI is InChI=1S/C36H46O4/c1-5-7-9-11-13-27(3)39-35(37)33-23-19-31(20-24-33)29-15-17-30(18-16-29)32-21-25-34(26-22-32)36(38)40-28(4)14-12-10-8-6-2/h15-28H,5-14H2,1-4H3/t27-,28-/m1/s1. The molecule has 0 unspecified atom stereocenters. The molecule has 0 saturated heterocycles. The summed E-state index contributed by atoms with van der Waals surface area (Å²) in [6.07, 6.45) is 11.1. The second-order valence-electron chi connectivity index (χ2n) is 10.9. The predicted molar refractivity (Wildman–Crippen MR) is 165 cm³/mol. The quantitative estimate of drug-likeness (QED) is 0.133. The van der Waals surface area contributed by atoms with Crippen molar-refractivity contribution in [3.05, 3.63) is 83.9 Å². The van der Waals surface area contributed by atoms with Gasteiger partial charge >= 0.3 is 11.9 Å². The second kappa shape index (κ2) is 16.6. The van der Waals surface area contributed by atoms with Crippen LogP contribution in [-0.2, 0) is 9.47 Å². The Morgan fingerprint density at radius 1 is 0.500 bits per heavy atom. The SMILES string of the molecule is CCCCCC[C@@H](C)OC(=O)c1ccc(-c2ccc(-c3ccc(C(=O)O[C@H](C)CCCCCC)cc3)cc2)cc1. The molecule has 3 aromatic carbocycles. The van der Waals surface area contributed by atoms with Gasteiger partial charge in [0.1, 0.15) is 0 Å². The Bertz CT molecular complexity index is 1070. The molecule has 0 aliphatic carbocycles. The lowest BCUT2D eigenvalue weighted by atomic mass is 9.99. The molecular weight excluding hydrogens is 496 g/mol. The molecule has 3 aromatic rings. The largest absolute Gasteiger partial charge is 0.459 e. The minimum atomic E-state index is -0.265. The number of carbonyl (C=O) groups is 2. The first-order chi connectivity index (χ1) is 19.4. The molecule has 0 aromatic heterocycles. The highest BCUT2D eigenvalue weighted by Crippen LogP contribution is 2.26. The molecule has 0 saturated carbocycles. The van der Waals surface area contributed by atoms with Crippen LogP contribution >= 0.6 is 0 Å². The van der Waals surface area contributed by atoms with E-state index in [1.165, 1.54) is 38.5 Å². The van der Waals surface area contributed by atoms with Crippen LogP contribution in [0.5, 0.6) is 0 Å². The van der Waals surface area contributed by atoms with Crippen molar-refractivity contribution in [2.24, 2.45) is 0 Å². The Kier molecular flexibility index (Phi) is 13.0. The van der Waals surface area contributed by atoms with E-state index in [2.05, 4.69) is 38.1 Å². The van der Waals surface area contributed by atoms with E-state index in [0.717, 1.165) is 47.9 Å². The Balaban J connectivity index is 1.53. The van der Waals surface area contributed by atoms with Gasteiger partial charge in [-0.2, -0.15) is 0 Å². The van der Waals surface area contributed by atoms with Crippen molar-refractivity contribution in [3.63, 3.8) is 0 Å². The number of benzene rings is 3. The average molecular weight is 543 g/mol. The molecule has 0 spiro atoms. The van der Waals surface area contributed by atoms with Gasteiger partial charge in [-0.1, -0.05) is 101 Å². The van der Waals surface area contributed by atoms with Crippen LogP contribution in [0.4, 0.5) is 0 Å². The van der Waals surface area contributed by atoms with Gasteiger partial charge < -0.3 is 9.47 Å². The summed E-state index contributed by atoms with van der Waals surface area (Å²) in [6.45, 7) is 8.32. The molecule has 3 rings (SSSR count). The van der Waals surface area contributed by atoms with E-state index in [4.69, 9.17) is 9.47 Å². The van der Waals surface area contributed by atoms with E-state index in [0.29, 0.717) is 11.1 Å². The van der Waals surface area contributed by atoms with Gasteiger partial charge in [-0.25, -0.2) is 9.59 Å². The highest BCUT2D eigenvalue weighted by atomic mass is 16.5. The lowest BCUT2D eigenvalue weighted by Crippen LogP contribution is -2.15. The van der Waals surface area contributed by atoms with Crippen LogP contribution in [0.1, 0.15) is 113 Å². The van der Waals surface area contributed by atoms with Crippen molar-refractivity contribution >= 4 is 11.9 Å². The predicted octanol–water partition coefficient (Wildman–Crippen LogP) is 10.1. The summed E-state index contributed by atoms with van der Waals surface area (Å²) in [4.78, 5) is 25.0. The van der Waals surface area contributed by atoms with Gasteiger partial charge in [-0.05, 0) is 86.1 Å². The first kappa shape index (κ1) is 31.1. The molecule has 40 heavy (non-hydrogen) atoms. The zero-order valence-electron chi connectivity index (χ0n) is 24.8. The third-order valence-corrected chi connectivity index (χ3v) is 7.34. The van der Waals surface area contributed by atoms with Crippen molar-refractivity contribution in [2.75, 3.05) is 0 Å². The maximum Gasteiger partial charge on any atom is 0.338 e. The zero-order chi connectivity index (χ0) is 28.7. The number of rotatable bonds is 16. The van der Waals surface area contributed by atoms with Crippen LogP contribution in [0.2, 0.25) is 0 Å². The first-order valence-corrected chi connectivity index (χ1v) is 15.1. The number of carbonyl (C=O) groups excluding carboxylic acids is 2. The molecule has 214 valence electrons. The molecular formula is C36H46O4. The van der Waals surface area contributed by atoms with E-state index in [1.54, 1.807) is 0 Å². The summed E-state index contributed by atoms with van der Waals surface area (Å²) in [6, 6.07) is 23.5. The number of hydrogen-bond acceptors (Lipinski definition) is 4. The van der Waals surface area contributed by atoms with E-state index in [-0.39, 0.29) is 24.1 Å². The number of unbranched alkanes of at least 4 members (excludes halogenated alkanes) is 6. The molecule has 0 heterocycles. The Morgan fingerprint density at radius 3 is 1.10 bits per heavy atom. The first-order valence-electron chi connectivity index (χ1n) is 15.1. The van der Waals surface area contributed by atoms with Gasteiger partial charge in [0, 0.05) is 0 Å². The topological polar surface area (TPSA) is 52.6 Å². The molecule has 0 radical (unpaired) electrons. The molecule has 0 bridgehead atoms. The normalized spacial score (nSPS) is 12.5. The summed E-state index contributed by atoms with van der Waals surface area (Å²) in [5.74, 6) is -0.530. The van der Waals surface area contributed by atoms with Crippen molar-refractivity contribution in [3.8, 4) is 22.3 Å². The maximum atomic E-state index is 12.5. The summed E-state index contributed by atoms with van der Waals surface area (Å²) in [5, 5.41) is 0. The van der Waals surface area contributed by atoms with Crippen molar-refractivity contribution in [1.82, 2.24) is 0 Å². The van der Waals surface area contributed by atoms with Crippen molar-refractivity contribution < 1.29 is 19.1 Å². The van der Waals surface area contributed by atoms with E-state index >= 15 is 0 Å². The van der Waals surface area contributed by atoms with E-state index < -0.39 is 0 Å². The highest BCUT2D eigenvalue weighted by Gasteiger charge is 2.14. The Morgan fingerprint density at radius 2 is 0.800 bits per heavy atom. The number of ether oxygens (including phenoxy) is 2. The summed E-state index contributed by atoms with van der Waals surface area (Å²) >= 11 is 0. The molecule has 4 nitrogen and oxygen atoms in total. The summed E-state index contributed by atoms with van der Waals surface area (Å²) in [7, 11) is 0. The minimum Gasteiger partial charge on any atom is -0.459 e. The minimum absolute atomic E-state index is 0.0693. The van der Waals surface area contributed by atoms with Crippen LogP contribution in [0.3, 0.4) is 0 Å². The van der Waals surface area contributed by atoms with Gasteiger partial charge in [-0.15, -0.1) is 0 Å². The van der Waals surface area contributed by atoms with Crippen molar-refractivity contribution in [2.45, 2.75) is 104 Å². The van der Waals surface area contributed by atoms with Crippen LogP contribution < -0.4 is 0 Å². The fourth-order valence-corrected chi connectivity index (χ4v) is 4.79. The maximum absolute atomic E-state index is 12.5. The van der Waals surface area contributed by atoms with Gasteiger partial charge in [0.15, 0.2) is 0 Å². The fraction of sp³-hybridized carbons (Fsp3) is 0.444. The van der Waals surface area contributed by atoms with Crippen LogP contribution in [-0.4, -0.2) is 24.1 Å². The Hall–Kier alpha value is -3.40. The molecule has 0 N–H and O–H groups in total. The Labute approximate surface area is 241 Å².